The number of carbonyl (C=O) groups is 1. The van der Waals surface area contributed by atoms with Gasteiger partial charge in [0.15, 0.2) is 0 Å². The average molecular weight is 325 g/mol. The second kappa shape index (κ2) is 8.54. The Bertz CT molecular complexity index is 482. The second-order valence-corrected chi connectivity index (χ2v) is 6.73. The summed E-state index contributed by atoms with van der Waals surface area (Å²) in [5.74, 6) is 0.509. The Morgan fingerprint density at radius 2 is 1.86 bits per heavy atom. The minimum atomic E-state index is 0. The van der Waals surface area contributed by atoms with Crippen LogP contribution in [-0.4, -0.2) is 12.5 Å². The van der Waals surface area contributed by atoms with Crippen molar-refractivity contribution >= 4 is 24.0 Å². The third-order valence-corrected chi connectivity index (χ3v) is 4.74. The molecule has 4 heteroatoms. The predicted octanol–water partition coefficient (Wildman–Crippen LogP) is 4.47. The Labute approximate surface area is 140 Å². The van der Waals surface area contributed by atoms with Gasteiger partial charge in [-0.1, -0.05) is 51.3 Å². The fraction of sp³-hybridized carbons (Fsp3) is 0.611. The van der Waals surface area contributed by atoms with E-state index in [2.05, 4.69) is 25.2 Å². The highest BCUT2D eigenvalue weighted by molar-refractivity contribution is 5.92. The summed E-state index contributed by atoms with van der Waals surface area (Å²) in [6.07, 6.45) is 6.40. The first-order valence-electron chi connectivity index (χ1n) is 8.15. The summed E-state index contributed by atoms with van der Waals surface area (Å²) < 4.78 is 0. The van der Waals surface area contributed by atoms with Crippen molar-refractivity contribution in [1.29, 1.82) is 0 Å². The van der Waals surface area contributed by atoms with E-state index in [1.807, 2.05) is 18.2 Å². The first-order chi connectivity index (χ1) is 10.1. The molecule has 3 nitrogen and oxygen atoms in total. The van der Waals surface area contributed by atoms with Crippen molar-refractivity contribution in [2.45, 2.75) is 58.3 Å². The van der Waals surface area contributed by atoms with E-state index in [0.29, 0.717) is 18.9 Å². The zero-order valence-corrected chi connectivity index (χ0v) is 14.5. The number of carbonyl (C=O) groups excluding carboxylic acids is 1. The first-order valence-corrected chi connectivity index (χ1v) is 8.15. The van der Waals surface area contributed by atoms with Gasteiger partial charge < -0.3 is 11.1 Å². The molecule has 0 unspecified atom stereocenters. The molecule has 124 valence electrons. The summed E-state index contributed by atoms with van der Waals surface area (Å²) in [4.78, 5) is 12.5. The Hall–Kier alpha value is -1.06. The Balaban J connectivity index is 0.00000242. The van der Waals surface area contributed by atoms with Crippen molar-refractivity contribution in [2.24, 2.45) is 11.1 Å². The number of halogens is 1. The molecule has 0 saturated heterocycles. The lowest BCUT2D eigenvalue weighted by molar-refractivity contribution is -0.118. The zero-order chi connectivity index (χ0) is 15.3. The summed E-state index contributed by atoms with van der Waals surface area (Å²) in [6, 6.07) is 8.07. The number of para-hydroxylation sites is 1. The lowest BCUT2D eigenvalue weighted by Gasteiger charge is -2.35. The number of benzene rings is 1. The molecule has 1 aliphatic carbocycles. The monoisotopic (exact) mass is 324 g/mol. The number of nitrogens with two attached hydrogens (primary N) is 1. The smallest absolute Gasteiger partial charge is 0.224 e. The lowest BCUT2D eigenvalue weighted by Crippen LogP contribution is -2.36. The van der Waals surface area contributed by atoms with Gasteiger partial charge in [0.05, 0.1) is 0 Å². The summed E-state index contributed by atoms with van der Waals surface area (Å²) in [6.45, 7) is 4.91. The summed E-state index contributed by atoms with van der Waals surface area (Å²) in [5, 5.41) is 3.10. The summed E-state index contributed by atoms with van der Waals surface area (Å²) >= 11 is 0. The van der Waals surface area contributed by atoms with Crippen molar-refractivity contribution in [3.8, 4) is 0 Å². The third kappa shape index (κ3) is 4.72. The van der Waals surface area contributed by atoms with Gasteiger partial charge in [0.25, 0.3) is 0 Å². The Morgan fingerprint density at radius 1 is 1.23 bits per heavy atom. The minimum absolute atomic E-state index is 0. The Kier molecular flexibility index (Phi) is 7.37. The van der Waals surface area contributed by atoms with E-state index < -0.39 is 0 Å². The van der Waals surface area contributed by atoms with Crippen molar-refractivity contribution in [3.63, 3.8) is 0 Å². The van der Waals surface area contributed by atoms with Crippen LogP contribution in [-0.2, 0) is 4.79 Å². The normalized spacial score (nSPS) is 16.9. The molecule has 1 fully saturated rings. The molecule has 1 saturated carbocycles. The van der Waals surface area contributed by atoms with E-state index in [1.165, 1.54) is 24.8 Å². The molecule has 1 amide bonds. The maximum Gasteiger partial charge on any atom is 0.224 e. The fourth-order valence-electron chi connectivity index (χ4n) is 3.40. The highest BCUT2D eigenvalue weighted by atomic mass is 35.5. The maximum atomic E-state index is 12.5. The van der Waals surface area contributed by atoms with Gasteiger partial charge in [-0.05, 0) is 42.3 Å². The van der Waals surface area contributed by atoms with E-state index in [4.69, 9.17) is 5.73 Å². The quantitative estimate of drug-likeness (QED) is 0.839. The molecular weight excluding hydrogens is 296 g/mol. The molecule has 1 aliphatic rings. The van der Waals surface area contributed by atoms with E-state index in [9.17, 15) is 4.79 Å². The lowest BCUT2D eigenvalue weighted by atomic mass is 9.71. The van der Waals surface area contributed by atoms with Crippen LogP contribution in [0.5, 0.6) is 0 Å². The summed E-state index contributed by atoms with van der Waals surface area (Å²) in [7, 11) is 0. The number of hydrogen-bond acceptors (Lipinski definition) is 2. The molecule has 1 aromatic rings. The molecule has 0 aromatic heterocycles. The molecule has 0 bridgehead atoms. The molecule has 1 aromatic carbocycles. The van der Waals surface area contributed by atoms with Gasteiger partial charge >= 0.3 is 0 Å². The van der Waals surface area contributed by atoms with Crippen LogP contribution in [0, 0.1) is 5.41 Å². The SMILES string of the molecule is CC(C)c1ccccc1NC(=O)CC1(CN)CCCCC1.Cl. The highest BCUT2D eigenvalue weighted by Crippen LogP contribution is 2.38. The van der Waals surface area contributed by atoms with Gasteiger partial charge in [-0.25, -0.2) is 0 Å². The summed E-state index contributed by atoms with van der Waals surface area (Å²) in [5.41, 5.74) is 8.14. The molecule has 0 aliphatic heterocycles. The second-order valence-electron chi connectivity index (χ2n) is 6.73. The number of hydrogen-bond donors (Lipinski definition) is 2. The van der Waals surface area contributed by atoms with E-state index >= 15 is 0 Å². The molecule has 0 heterocycles. The van der Waals surface area contributed by atoms with Gasteiger partial charge in [-0.3, -0.25) is 4.79 Å². The minimum Gasteiger partial charge on any atom is -0.330 e. The van der Waals surface area contributed by atoms with Crippen molar-refractivity contribution in [1.82, 2.24) is 0 Å². The number of rotatable bonds is 5. The Morgan fingerprint density at radius 3 is 2.45 bits per heavy atom. The van der Waals surface area contributed by atoms with Crippen molar-refractivity contribution in [2.75, 3.05) is 11.9 Å². The van der Waals surface area contributed by atoms with Crippen LogP contribution in [0.2, 0.25) is 0 Å². The molecule has 0 atom stereocenters. The van der Waals surface area contributed by atoms with Gasteiger partial charge in [-0.2, -0.15) is 0 Å². The number of nitrogens with one attached hydrogen (secondary N) is 1. The fourth-order valence-corrected chi connectivity index (χ4v) is 3.40. The predicted molar refractivity (Wildman–Crippen MR) is 95.6 cm³/mol. The van der Waals surface area contributed by atoms with E-state index in [0.717, 1.165) is 18.5 Å². The van der Waals surface area contributed by atoms with Crippen LogP contribution in [0.25, 0.3) is 0 Å². The van der Waals surface area contributed by atoms with Crippen molar-refractivity contribution < 1.29 is 4.79 Å². The molecule has 0 spiro atoms. The van der Waals surface area contributed by atoms with E-state index in [-0.39, 0.29) is 23.7 Å². The van der Waals surface area contributed by atoms with Gasteiger partial charge in [-0.15, -0.1) is 12.4 Å². The first kappa shape index (κ1) is 19.0. The van der Waals surface area contributed by atoms with Gasteiger partial charge in [0.2, 0.25) is 5.91 Å². The third-order valence-electron chi connectivity index (χ3n) is 4.74. The van der Waals surface area contributed by atoms with Crippen LogP contribution in [0.3, 0.4) is 0 Å². The van der Waals surface area contributed by atoms with E-state index in [1.54, 1.807) is 0 Å². The molecule has 2 rings (SSSR count). The van der Waals surface area contributed by atoms with Gasteiger partial charge in [0.1, 0.15) is 0 Å². The van der Waals surface area contributed by atoms with Gasteiger partial charge in [0, 0.05) is 12.1 Å². The molecular formula is C18H29ClN2O. The zero-order valence-electron chi connectivity index (χ0n) is 13.7. The number of anilines is 1. The molecule has 22 heavy (non-hydrogen) atoms. The van der Waals surface area contributed by atoms with Crippen LogP contribution in [0.15, 0.2) is 24.3 Å². The van der Waals surface area contributed by atoms with Crippen LogP contribution < -0.4 is 11.1 Å². The standard InChI is InChI=1S/C18H28N2O.ClH/c1-14(2)15-8-4-5-9-16(15)20-17(21)12-18(13-19)10-6-3-7-11-18;/h4-5,8-9,14H,3,6-7,10-13,19H2,1-2H3,(H,20,21);1H. The number of amides is 1. The molecule has 3 N–H and O–H groups in total. The topological polar surface area (TPSA) is 55.1 Å². The largest absolute Gasteiger partial charge is 0.330 e. The van der Waals surface area contributed by atoms with Crippen LogP contribution >= 0.6 is 12.4 Å². The maximum absolute atomic E-state index is 12.5. The molecule has 0 radical (unpaired) electrons. The van der Waals surface area contributed by atoms with Crippen molar-refractivity contribution in [3.05, 3.63) is 29.8 Å². The highest BCUT2D eigenvalue weighted by Gasteiger charge is 2.33. The van der Waals surface area contributed by atoms with Crippen LogP contribution in [0.1, 0.15) is 63.9 Å². The average Bonchev–Trinajstić information content (AvgIpc) is 2.48. The van der Waals surface area contributed by atoms with Crippen LogP contribution in [0.4, 0.5) is 5.69 Å².